The summed E-state index contributed by atoms with van der Waals surface area (Å²) in [5.74, 6) is 0.169. The summed E-state index contributed by atoms with van der Waals surface area (Å²) in [4.78, 5) is 14.6. The van der Waals surface area contributed by atoms with Crippen LogP contribution >= 0.6 is 23.2 Å². The van der Waals surface area contributed by atoms with E-state index in [1.165, 1.54) is 0 Å². The van der Waals surface area contributed by atoms with E-state index in [-0.39, 0.29) is 17.9 Å². The zero-order chi connectivity index (χ0) is 18.5. The molecule has 2 fully saturated rings. The monoisotopic (exact) mass is 399 g/mol. The molecule has 7 heteroatoms. The number of amides is 1. The van der Waals surface area contributed by atoms with E-state index >= 15 is 0 Å². The van der Waals surface area contributed by atoms with Gasteiger partial charge in [0, 0.05) is 38.6 Å². The first-order valence-corrected chi connectivity index (χ1v) is 10.1. The number of benzene rings is 1. The minimum Gasteiger partial charge on any atom is -0.391 e. The van der Waals surface area contributed by atoms with Gasteiger partial charge in [-0.2, -0.15) is 0 Å². The molecule has 144 valence electrons. The summed E-state index contributed by atoms with van der Waals surface area (Å²) in [6.07, 6.45) is 2.47. The Morgan fingerprint density at radius 2 is 2.00 bits per heavy atom. The van der Waals surface area contributed by atoms with Crippen molar-refractivity contribution in [2.24, 2.45) is 5.92 Å². The van der Waals surface area contributed by atoms with E-state index in [4.69, 9.17) is 23.2 Å². The Hall–Kier alpha value is -0.850. The number of carbonyl (C=O) groups is 1. The molecule has 1 aliphatic heterocycles. The molecule has 0 radical (unpaired) electrons. The van der Waals surface area contributed by atoms with Gasteiger partial charge in [-0.05, 0) is 43.4 Å². The van der Waals surface area contributed by atoms with Gasteiger partial charge in [-0.3, -0.25) is 4.79 Å². The van der Waals surface area contributed by atoms with Crippen molar-refractivity contribution in [1.29, 1.82) is 0 Å². The molecule has 1 heterocycles. The molecule has 3 N–H and O–H groups in total. The lowest BCUT2D eigenvalue weighted by Gasteiger charge is -2.30. The minimum atomic E-state index is -0.595. The average Bonchev–Trinajstić information content (AvgIpc) is 3.48. The Labute approximate surface area is 165 Å². The maximum absolute atomic E-state index is 12.2. The predicted molar refractivity (Wildman–Crippen MR) is 105 cm³/mol. The van der Waals surface area contributed by atoms with Gasteiger partial charge in [0.15, 0.2) is 0 Å². The second-order valence-electron chi connectivity index (χ2n) is 7.29. The number of piperazine rings is 1. The fourth-order valence-electron chi connectivity index (χ4n) is 3.30. The highest BCUT2D eigenvalue weighted by molar-refractivity contribution is 6.42. The van der Waals surface area contributed by atoms with Crippen LogP contribution in [0, 0.1) is 5.92 Å². The number of hydrogen-bond donors (Lipinski definition) is 3. The number of aliphatic hydroxyl groups excluding tert-OH is 1. The van der Waals surface area contributed by atoms with Crippen molar-refractivity contribution in [2.75, 3.05) is 32.7 Å². The predicted octanol–water partition coefficient (Wildman–Crippen LogP) is 2.09. The molecule has 2 unspecified atom stereocenters. The molecule has 1 saturated carbocycles. The Balaban J connectivity index is 1.60. The Kier molecular flexibility index (Phi) is 7.18. The van der Waals surface area contributed by atoms with Crippen LogP contribution in [0.5, 0.6) is 0 Å². The van der Waals surface area contributed by atoms with Gasteiger partial charge in [-0.1, -0.05) is 29.3 Å². The van der Waals surface area contributed by atoms with Gasteiger partial charge in [-0.25, -0.2) is 0 Å². The summed E-state index contributed by atoms with van der Waals surface area (Å²) in [6, 6.07) is 5.14. The van der Waals surface area contributed by atoms with E-state index in [9.17, 15) is 9.90 Å². The van der Waals surface area contributed by atoms with E-state index in [2.05, 4.69) is 15.5 Å². The largest absolute Gasteiger partial charge is 0.391 e. The van der Waals surface area contributed by atoms with E-state index in [0.717, 1.165) is 51.1 Å². The van der Waals surface area contributed by atoms with E-state index < -0.39 is 6.10 Å². The molecule has 0 bridgehead atoms. The van der Waals surface area contributed by atoms with E-state index in [1.807, 2.05) is 12.1 Å². The molecule has 1 amide bonds. The Morgan fingerprint density at radius 1 is 1.27 bits per heavy atom. The lowest BCUT2D eigenvalue weighted by Crippen LogP contribution is -2.48. The van der Waals surface area contributed by atoms with Crippen molar-refractivity contribution in [3.8, 4) is 0 Å². The summed E-state index contributed by atoms with van der Waals surface area (Å²) in [5.41, 5.74) is 0.960. The van der Waals surface area contributed by atoms with Gasteiger partial charge in [0.05, 0.1) is 22.2 Å². The highest BCUT2D eigenvalue weighted by Crippen LogP contribution is 2.29. The van der Waals surface area contributed by atoms with Crippen molar-refractivity contribution in [2.45, 2.75) is 37.8 Å². The Bertz CT molecular complexity index is 619. The van der Waals surface area contributed by atoms with Crippen LogP contribution < -0.4 is 10.6 Å². The molecule has 1 aromatic carbocycles. The van der Waals surface area contributed by atoms with Gasteiger partial charge in [0.25, 0.3) is 0 Å². The maximum atomic E-state index is 12.2. The van der Waals surface area contributed by atoms with Crippen LogP contribution in [0.1, 0.15) is 24.8 Å². The number of carbonyl (C=O) groups excluding carboxylic acids is 1. The lowest BCUT2D eigenvalue weighted by molar-refractivity contribution is -0.123. The van der Waals surface area contributed by atoms with Crippen LogP contribution in [0.4, 0.5) is 0 Å². The van der Waals surface area contributed by atoms with Crippen LogP contribution in [0.3, 0.4) is 0 Å². The molecule has 1 aliphatic carbocycles. The molecule has 26 heavy (non-hydrogen) atoms. The molecular weight excluding hydrogens is 373 g/mol. The second kappa shape index (κ2) is 9.38. The van der Waals surface area contributed by atoms with Crippen molar-refractivity contribution in [3.05, 3.63) is 33.8 Å². The number of halogens is 2. The first-order chi connectivity index (χ1) is 12.5. The summed E-state index contributed by atoms with van der Waals surface area (Å²) < 4.78 is 0. The quantitative estimate of drug-likeness (QED) is 0.625. The molecule has 2 aliphatic rings. The number of rotatable bonds is 8. The van der Waals surface area contributed by atoms with Crippen molar-refractivity contribution >= 4 is 29.1 Å². The molecular formula is C19H27Cl2N3O2. The van der Waals surface area contributed by atoms with Crippen molar-refractivity contribution in [3.63, 3.8) is 0 Å². The summed E-state index contributed by atoms with van der Waals surface area (Å²) >= 11 is 12.1. The fourth-order valence-corrected chi connectivity index (χ4v) is 3.62. The number of nitrogens with zero attached hydrogens (tertiary/aromatic N) is 1. The number of nitrogens with one attached hydrogen (secondary N) is 2. The topological polar surface area (TPSA) is 64.6 Å². The zero-order valence-electron chi connectivity index (χ0n) is 14.9. The third kappa shape index (κ3) is 5.83. The van der Waals surface area contributed by atoms with Gasteiger partial charge in [0.1, 0.15) is 0 Å². The second-order valence-corrected chi connectivity index (χ2v) is 8.10. The fraction of sp³-hybridized carbons (Fsp3) is 0.632. The van der Waals surface area contributed by atoms with Gasteiger partial charge >= 0.3 is 0 Å². The van der Waals surface area contributed by atoms with E-state index in [0.29, 0.717) is 22.9 Å². The van der Waals surface area contributed by atoms with Crippen LogP contribution in [0.15, 0.2) is 18.2 Å². The molecule has 3 rings (SSSR count). The third-order valence-corrected chi connectivity index (χ3v) is 5.87. The first-order valence-electron chi connectivity index (χ1n) is 9.38. The smallest absolute Gasteiger partial charge is 0.223 e. The van der Waals surface area contributed by atoms with Crippen molar-refractivity contribution < 1.29 is 9.90 Å². The van der Waals surface area contributed by atoms with E-state index in [1.54, 1.807) is 6.07 Å². The van der Waals surface area contributed by atoms with Gasteiger partial charge < -0.3 is 20.6 Å². The Morgan fingerprint density at radius 3 is 2.65 bits per heavy atom. The summed E-state index contributed by atoms with van der Waals surface area (Å²) in [5, 5.41) is 18.1. The molecule has 5 nitrogen and oxygen atoms in total. The average molecular weight is 400 g/mol. The first kappa shape index (κ1) is 19.9. The standard InChI is InChI=1S/C19H27Cl2N3O2/c20-15-4-1-13(11-16(15)21)12-17(23-19(26)14-2-3-14)18(25)5-8-24-9-6-22-7-10-24/h1,4,11,14,17-18,22,25H,2-3,5-10,12H2,(H,23,26). The summed E-state index contributed by atoms with van der Waals surface area (Å²) in [7, 11) is 0. The number of aliphatic hydroxyl groups is 1. The lowest BCUT2D eigenvalue weighted by atomic mass is 9.98. The SMILES string of the molecule is O=C(NC(Cc1ccc(Cl)c(Cl)c1)C(O)CCN1CCNCC1)C1CC1. The number of hydrogen-bond acceptors (Lipinski definition) is 4. The van der Waals surface area contributed by atoms with Crippen molar-refractivity contribution in [1.82, 2.24) is 15.5 Å². The summed E-state index contributed by atoms with van der Waals surface area (Å²) in [6.45, 7) is 4.81. The zero-order valence-corrected chi connectivity index (χ0v) is 16.4. The molecule has 1 saturated heterocycles. The minimum absolute atomic E-state index is 0.0521. The molecule has 1 aromatic rings. The van der Waals surface area contributed by atoms with Crippen LogP contribution in [-0.2, 0) is 11.2 Å². The molecule has 0 spiro atoms. The van der Waals surface area contributed by atoms with Crippen LogP contribution in [0.2, 0.25) is 10.0 Å². The molecule has 2 atom stereocenters. The maximum Gasteiger partial charge on any atom is 0.223 e. The third-order valence-electron chi connectivity index (χ3n) is 5.13. The normalized spacial score (nSPS) is 20.6. The highest BCUT2D eigenvalue weighted by atomic mass is 35.5. The van der Waals surface area contributed by atoms with Gasteiger partial charge in [-0.15, -0.1) is 0 Å². The molecule has 0 aromatic heterocycles. The highest BCUT2D eigenvalue weighted by Gasteiger charge is 2.32. The van der Waals surface area contributed by atoms with Crippen LogP contribution in [0.25, 0.3) is 0 Å². The van der Waals surface area contributed by atoms with Crippen LogP contribution in [-0.4, -0.2) is 60.8 Å². The van der Waals surface area contributed by atoms with Gasteiger partial charge in [0.2, 0.25) is 5.91 Å².